The predicted octanol–water partition coefficient (Wildman–Crippen LogP) is 2.88. The molecule has 7 nitrogen and oxygen atoms in total. The highest BCUT2D eigenvalue weighted by Gasteiger charge is 2.11. The van der Waals surface area contributed by atoms with E-state index in [2.05, 4.69) is 45.2 Å². The number of aryl methyl sites for hydroxylation is 4. The summed E-state index contributed by atoms with van der Waals surface area (Å²) in [5.41, 5.74) is 5.22. The molecule has 7 heteroatoms. The lowest BCUT2D eigenvalue weighted by Gasteiger charge is -2.11. The molecule has 0 fully saturated rings. The Morgan fingerprint density at radius 1 is 1.04 bits per heavy atom. The van der Waals surface area contributed by atoms with Gasteiger partial charge >= 0.3 is 0 Å². The third-order valence-electron chi connectivity index (χ3n) is 4.51. The Morgan fingerprint density at radius 3 is 2.46 bits per heavy atom. The number of benzene rings is 1. The molecule has 2 heterocycles. The van der Waals surface area contributed by atoms with Gasteiger partial charge in [0.15, 0.2) is 0 Å². The van der Waals surface area contributed by atoms with Gasteiger partial charge in [-0.05, 0) is 51.0 Å². The summed E-state index contributed by atoms with van der Waals surface area (Å²) >= 11 is 0. The number of aromatic amines is 1. The molecule has 136 valence electrons. The number of methoxy groups -OCH3 is 1. The van der Waals surface area contributed by atoms with Crippen molar-refractivity contribution >= 4 is 22.8 Å². The standard InChI is InChI=1S/C19H23N5O2/c1-10-8-15-13(4)21-18(22-16(15)9-11(10)2)24-19-20-12(3)14(6-7-26-5)17(25)23-19/h8-9H,6-7H2,1-5H3,(H2,20,21,22,23,24,25). The Hall–Kier alpha value is -2.80. The van der Waals surface area contributed by atoms with Crippen LogP contribution >= 0.6 is 0 Å². The maximum atomic E-state index is 12.3. The highest BCUT2D eigenvalue weighted by Crippen LogP contribution is 2.22. The summed E-state index contributed by atoms with van der Waals surface area (Å²) in [5.74, 6) is 0.738. The molecule has 2 N–H and O–H groups in total. The summed E-state index contributed by atoms with van der Waals surface area (Å²) in [6, 6.07) is 4.14. The zero-order chi connectivity index (χ0) is 18.8. The van der Waals surface area contributed by atoms with E-state index in [0.29, 0.717) is 36.2 Å². The molecule has 0 radical (unpaired) electrons. The van der Waals surface area contributed by atoms with Gasteiger partial charge < -0.3 is 4.74 Å². The van der Waals surface area contributed by atoms with Crippen LogP contribution in [0.1, 0.15) is 28.1 Å². The van der Waals surface area contributed by atoms with Crippen LogP contribution in [0.2, 0.25) is 0 Å². The van der Waals surface area contributed by atoms with Crippen molar-refractivity contribution in [2.45, 2.75) is 34.1 Å². The van der Waals surface area contributed by atoms with Gasteiger partial charge in [0.1, 0.15) is 0 Å². The van der Waals surface area contributed by atoms with Crippen molar-refractivity contribution in [3.63, 3.8) is 0 Å². The monoisotopic (exact) mass is 353 g/mol. The van der Waals surface area contributed by atoms with Gasteiger partial charge in [-0.3, -0.25) is 15.1 Å². The number of fused-ring (bicyclic) bond motifs is 1. The predicted molar refractivity (Wildman–Crippen MR) is 102 cm³/mol. The molecular weight excluding hydrogens is 330 g/mol. The molecule has 3 rings (SSSR count). The van der Waals surface area contributed by atoms with Crippen LogP contribution in [0.5, 0.6) is 0 Å². The molecule has 0 unspecified atom stereocenters. The van der Waals surface area contributed by atoms with Crippen LogP contribution in [0.25, 0.3) is 10.9 Å². The molecule has 0 spiro atoms. The summed E-state index contributed by atoms with van der Waals surface area (Å²) in [7, 11) is 1.61. The maximum Gasteiger partial charge on any atom is 0.255 e. The lowest BCUT2D eigenvalue weighted by molar-refractivity contribution is 0.202. The molecule has 0 atom stereocenters. The number of H-pyrrole nitrogens is 1. The number of anilines is 2. The Balaban J connectivity index is 1.96. The van der Waals surface area contributed by atoms with Crippen LogP contribution in [0, 0.1) is 27.7 Å². The molecule has 3 aromatic rings. The zero-order valence-electron chi connectivity index (χ0n) is 15.7. The van der Waals surface area contributed by atoms with Gasteiger partial charge in [-0.25, -0.2) is 15.0 Å². The average Bonchev–Trinajstić information content (AvgIpc) is 2.56. The average molecular weight is 353 g/mol. The topological polar surface area (TPSA) is 92.8 Å². The van der Waals surface area contributed by atoms with Crippen molar-refractivity contribution in [2.75, 3.05) is 19.0 Å². The summed E-state index contributed by atoms with van der Waals surface area (Å²) < 4.78 is 5.04. The molecule has 0 saturated carbocycles. The number of ether oxygens (including phenoxy) is 1. The minimum Gasteiger partial charge on any atom is -0.384 e. The minimum atomic E-state index is -0.180. The second-order valence-electron chi connectivity index (χ2n) is 6.43. The molecule has 26 heavy (non-hydrogen) atoms. The molecule has 0 aliphatic rings. The Bertz CT molecular complexity index is 1030. The van der Waals surface area contributed by atoms with Crippen LogP contribution in [-0.4, -0.2) is 33.7 Å². The van der Waals surface area contributed by atoms with Crippen molar-refractivity contribution in [3.05, 3.63) is 50.6 Å². The zero-order valence-corrected chi connectivity index (χ0v) is 15.7. The van der Waals surface area contributed by atoms with Gasteiger partial charge in [0, 0.05) is 24.5 Å². The molecule has 0 bridgehead atoms. The minimum absolute atomic E-state index is 0.180. The number of hydrogen-bond acceptors (Lipinski definition) is 6. The van der Waals surface area contributed by atoms with E-state index in [0.717, 1.165) is 16.6 Å². The second-order valence-corrected chi connectivity index (χ2v) is 6.43. The van der Waals surface area contributed by atoms with Crippen LogP contribution in [0.4, 0.5) is 11.9 Å². The molecule has 0 saturated heterocycles. The summed E-state index contributed by atoms with van der Waals surface area (Å²) in [5, 5.41) is 4.04. The third kappa shape index (κ3) is 3.57. The molecular formula is C19H23N5O2. The Labute approximate surface area is 151 Å². The van der Waals surface area contributed by atoms with E-state index < -0.39 is 0 Å². The van der Waals surface area contributed by atoms with E-state index in [1.54, 1.807) is 7.11 Å². The van der Waals surface area contributed by atoms with Gasteiger partial charge in [-0.15, -0.1) is 0 Å². The normalized spacial score (nSPS) is 11.1. The van der Waals surface area contributed by atoms with Crippen LogP contribution in [-0.2, 0) is 11.2 Å². The van der Waals surface area contributed by atoms with Crippen molar-refractivity contribution < 1.29 is 4.74 Å². The van der Waals surface area contributed by atoms with E-state index >= 15 is 0 Å². The van der Waals surface area contributed by atoms with Gasteiger partial charge in [0.05, 0.1) is 23.5 Å². The van der Waals surface area contributed by atoms with Crippen molar-refractivity contribution in [1.29, 1.82) is 0 Å². The summed E-state index contributed by atoms with van der Waals surface area (Å²) in [6.45, 7) is 8.36. The molecule has 0 aliphatic carbocycles. The highest BCUT2D eigenvalue weighted by atomic mass is 16.5. The fourth-order valence-electron chi connectivity index (χ4n) is 2.87. The lowest BCUT2D eigenvalue weighted by atomic mass is 10.1. The van der Waals surface area contributed by atoms with Crippen molar-refractivity contribution in [3.8, 4) is 0 Å². The maximum absolute atomic E-state index is 12.3. The molecule has 0 amide bonds. The van der Waals surface area contributed by atoms with E-state index in [9.17, 15) is 4.79 Å². The van der Waals surface area contributed by atoms with Crippen LogP contribution in [0.3, 0.4) is 0 Å². The molecule has 2 aromatic heterocycles. The second kappa shape index (κ2) is 7.21. The lowest BCUT2D eigenvalue weighted by Crippen LogP contribution is -2.20. The fourth-order valence-corrected chi connectivity index (χ4v) is 2.87. The first-order chi connectivity index (χ1) is 12.4. The van der Waals surface area contributed by atoms with Crippen LogP contribution in [0.15, 0.2) is 16.9 Å². The third-order valence-corrected chi connectivity index (χ3v) is 4.51. The number of aromatic nitrogens is 4. The number of nitrogens with one attached hydrogen (secondary N) is 2. The van der Waals surface area contributed by atoms with E-state index in [1.807, 2.05) is 19.9 Å². The largest absolute Gasteiger partial charge is 0.384 e. The van der Waals surface area contributed by atoms with Crippen molar-refractivity contribution in [1.82, 2.24) is 19.9 Å². The van der Waals surface area contributed by atoms with E-state index in [-0.39, 0.29) is 5.56 Å². The highest BCUT2D eigenvalue weighted by molar-refractivity contribution is 5.83. The fraction of sp³-hybridized carbons (Fsp3) is 0.368. The SMILES string of the molecule is COCCc1c(C)nc(Nc2nc(C)c3cc(C)c(C)cc3n2)[nH]c1=O. The Kier molecular flexibility index (Phi) is 4.99. The quantitative estimate of drug-likeness (QED) is 0.733. The van der Waals surface area contributed by atoms with Gasteiger partial charge in [-0.2, -0.15) is 0 Å². The first-order valence-corrected chi connectivity index (χ1v) is 8.50. The van der Waals surface area contributed by atoms with Crippen molar-refractivity contribution in [2.24, 2.45) is 0 Å². The molecule has 1 aromatic carbocycles. The number of hydrogen-bond donors (Lipinski definition) is 2. The summed E-state index contributed by atoms with van der Waals surface area (Å²) in [6.07, 6.45) is 0.523. The van der Waals surface area contributed by atoms with E-state index in [4.69, 9.17) is 4.74 Å². The Morgan fingerprint density at radius 2 is 1.77 bits per heavy atom. The van der Waals surface area contributed by atoms with Gasteiger partial charge in [-0.1, -0.05) is 0 Å². The van der Waals surface area contributed by atoms with Gasteiger partial charge in [0.25, 0.3) is 5.56 Å². The van der Waals surface area contributed by atoms with E-state index in [1.165, 1.54) is 11.1 Å². The van der Waals surface area contributed by atoms with Crippen LogP contribution < -0.4 is 10.9 Å². The number of rotatable bonds is 5. The number of nitrogens with zero attached hydrogens (tertiary/aromatic N) is 3. The van der Waals surface area contributed by atoms with Gasteiger partial charge in [0.2, 0.25) is 11.9 Å². The first kappa shape index (κ1) is 18.0. The first-order valence-electron chi connectivity index (χ1n) is 8.50. The smallest absolute Gasteiger partial charge is 0.255 e. The molecule has 0 aliphatic heterocycles. The summed E-state index contributed by atoms with van der Waals surface area (Å²) in [4.78, 5) is 28.5.